The molecule has 2 aromatic carbocycles. The van der Waals surface area contributed by atoms with Gasteiger partial charge in [0, 0.05) is 11.4 Å². The number of carbonyl (C=O) groups excluding carboxylic acids is 1. The predicted octanol–water partition coefficient (Wildman–Crippen LogP) is 3.94. The highest BCUT2D eigenvalue weighted by atomic mass is 35.5. The van der Waals surface area contributed by atoms with Gasteiger partial charge in [-0.2, -0.15) is 5.10 Å². The Hall–Kier alpha value is -3.04. The first-order valence-electron chi connectivity index (χ1n) is 8.42. The van der Waals surface area contributed by atoms with E-state index in [2.05, 4.69) is 10.5 Å². The summed E-state index contributed by atoms with van der Waals surface area (Å²) >= 11 is 11.8. The number of nitrogens with one attached hydrogen (secondary N) is 1. The highest BCUT2D eigenvalue weighted by molar-refractivity contribution is 6.35. The number of benzene rings is 2. The molecule has 11 heteroatoms. The summed E-state index contributed by atoms with van der Waals surface area (Å²) in [5, 5.41) is 15.8. The normalized spacial score (nSPS) is 12.2. The van der Waals surface area contributed by atoms with E-state index in [1.165, 1.54) is 18.3 Å². The molecule has 0 saturated carbocycles. The van der Waals surface area contributed by atoms with E-state index >= 15 is 0 Å². The molecule has 3 rings (SSSR count). The van der Waals surface area contributed by atoms with Gasteiger partial charge in [0.15, 0.2) is 11.5 Å². The number of hydrogen-bond acceptors (Lipinski definition) is 7. The molecule has 0 saturated heterocycles. The van der Waals surface area contributed by atoms with Gasteiger partial charge in [-0.3, -0.25) is 14.9 Å². The van der Waals surface area contributed by atoms with Crippen LogP contribution in [0.25, 0.3) is 0 Å². The molecule has 1 aliphatic heterocycles. The lowest BCUT2D eigenvalue weighted by Crippen LogP contribution is -2.18. The fourth-order valence-corrected chi connectivity index (χ4v) is 2.91. The van der Waals surface area contributed by atoms with Gasteiger partial charge < -0.3 is 14.2 Å². The van der Waals surface area contributed by atoms with Gasteiger partial charge in [0.2, 0.25) is 12.7 Å². The first-order chi connectivity index (χ1) is 13.9. The number of halogens is 2. The number of nitro groups is 1. The number of hydrazone groups is 1. The molecule has 0 fully saturated rings. The van der Waals surface area contributed by atoms with Gasteiger partial charge in [0.05, 0.1) is 34.4 Å². The Morgan fingerprint density at radius 1 is 1.28 bits per heavy atom. The number of nitrogens with zero attached hydrogens (tertiary/aromatic N) is 2. The van der Waals surface area contributed by atoms with Crippen molar-refractivity contribution in [3.63, 3.8) is 0 Å². The quantitative estimate of drug-likeness (QED) is 0.288. The van der Waals surface area contributed by atoms with Crippen LogP contribution in [0, 0.1) is 10.1 Å². The molecule has 0 radical (unpaired) electrons. The summed E-state index contributed by atoms with van der Waals surface area (Å²) in [6.45, 7) is 0.263. The third-order valence-electron chi connectivity index (χ3n) is 3.81. The van der Waals surface area contributed by atoms with Crippen LogP contribution in [0.15, 0.2) is 35.4 Å². The topological polar surface area (TPSA) is 112 Å². The lowest BCUT2D eigenvalue weighted by molar-refractivity contribution is -0.385. The fraction of sp³-hybridized carbons (Fsp3) is 0.222. The molecule has 1 amide bonds. The molecule has 29 heavy (non-hydrogen) atoms. The van der Waals surface area contributed by atoms with Crippen LogP contribution in [0.5, 0.6) is 17.2 Å². The molecule has 9 nitrogen and oxygen atoms in total. The Morgan fingerprint density at radius 3 is 2.76 bits per heavy atom. The molecule has 2 aromatic rings. The number of amides is 1. The predicted molar refractivity (Wildman–Crippen MR) is 106 cm³/mol. The molecule has 152 valence electrons. The minimum atomic E-state index is -0.565. The monoisotopic (exact) mass is 439 g/mol. The van der Waals surface area contributed by atoms with Crippen LogP contribution in [0.2, 0.25) is 10.0 Å². The van der Waals surface area contributed by atoms with E-state index in [-0.39, 0.29) is 37.0 Å². The summed E-state index contributed by atoms with van der Waals surface area (Å²) in [7, 11) is 0. The second-order valence-corrected chi connectivity index (χ2v) is 6.68. The van der Waals surface area contributed by atoms with Crippen molar-refractivity contribution in [2.75, 3.05) is 13.4 Å². The van der Waals surface area contributed by atoms with Crippen molar-refractivity contribution < 1.29 is 23.9 Å². The Morgan fingerprint density at radius 2 is 2.03 bits per heavy atom. The minimum absolute atomic E-state index is 0.00682. The van der Waals surface area contributed by atoms with Crippen LogP contribution in [0.4, 0.5) is 5.69 Å². The Labute approximate surface area is 175 Å². The summed E-state index contributed by atoms with van der Waals surface area (Å²) in [4.78, 5) is 22.5. The van der Waals surface area contributed by atoms with E-state index < -0.39 is 4.92 Å². The molecule has 0 bridgehead atoms. The molecule has 1 aliphatic rings. The molecule has 0 spiro atoms. The second kappa shape index (κ2) is 9.44. The van der Waals surface area contributed by atoms with Crippen molar-refractivity contribution in [3.8, 4) is 17.2 Å². The van der Waals surface area contributed by atoms with Gasteiger partial charge >= 0.3 is 0 Å². The number of hydrogen-bond donors (Lipinski definition) is 1. The SMILES string of the molecule is O=C(CCCOc1ccc(Cl)cc1Cl)N/N=C\c1cc2c(cc1[N+](=O)[O-])OCO2. The maximum absolute atomic E-state index is 11.9. The fourth-order valence-electron chi connectivity index (χ4n) is 2.45. The molecule has 0 unspecified atom stereocenters. The number of carbonyl (C=O) groups is 1. The maximum Gasteiger partial charge on any atom is 0.282 e. The van der Waals surface area contributed by atoms with E-state index in [0.717, 1.165) is 0 Å². The second-order valence-electron chi connectivity index (χ2n) is 5.84. The zero-order valence-electron chi connectivity index (χ0n) is 14.9. The van der Waals surface area contributed by atoms with Gasteiger partial charge in [-0.1, -0.05) is 23.2 Å². The average Bonchev–Trinajstić information content (AvgIpc) is 3.13. The van der Waals surface area contributed by atoms with E-state index in [1.807, 2.05) is 0 Å². The zero-order chi connectivity index (χ0) is 20.8. The lowest BCUT2D eigenvalue weighted by atomic mass is 10.1. The van der Waals surface area contributed by atoms with E-state index in [0.29, 0.717) is 33.7 Å². The Bertz CT molecular complexity index is 967. The Balaban J connectivity index is 1.48. The molecule has 1 N–H and O–H groups in total. The third kappa shape index (κ3) is 5.49. The maximum atomic E-state index is 11.9. The van der Waals surface area contributed by atoms with Crippen molar-refractivity contribution >= 4 is 41.0 Å². The number of fused-ring (bicyclic) bond motifs is 1. The minimum Gasteiger partial charge on any atom is -0.492 e. The van der Waals surface area contributed by atoms with Crippen LogP contribution >= 0.6 is 23.2 Å². The summed E-state index contributed by atoms with van der Waals surface area (Å²) in [6, 6.07) is 7.55. The van der Waals surface area contributed by atoms with E-state index in [9.17, 15) is 14.9 Å². The summed E-state index contributed by atoms with van der Waals surface area (Å²) in [6.07, 6.45) is 1.75. The summed E-state index contributed by atoms with van der Waals surface area (Å²) in [5.41, 5.74) is 2.29. The highest BCUT2D eigenvalue weighted by Crippen LogP contribution is 2.37. The van der Waals surface area contributed by atoms with Crippen LogP contribution in [0.1, 0.15) is 18.4 Å². The van der Waals surface area contributed by atoms with Crippen molar-refractivity contribution in [3.05, 3.63) is 56.1 Å². The molecular weight excluding hydrogens is 425 g/mol. The largest absolute Gasteiger partial charge is 0.492 e. The van der Waals surface area contributed by atoms with Crippen LogP contribution < -0.4 is 19.6 Å². The van der Waals surface area contributed by atoms with Crippen molar-refractivity contribution in [2.24, 2.45) is 5.10 Å². The zero-order valence-corrected chi connectivity index (χ0v) is 16.4. The van der Waals surface area contributed by atoms with Gasteiger partial charge in [0.1, 0.15) is 5.75 Å². The first kappa shape index (κ1) is 20.7. The van der Waals surface area contributed by atoms with Gasteiger partial charge in [-0.15, -0.1) is 0 Å². The molecule has 1 heterocycles. The molecule has 0 aromatic heterocycles. The smallest absolute Gasteiger partial charge is 0.282 e. The molecule has 0 aliphatic carbocycles. The first-order valence-corrected chi connectivity index (χ1v) is 9.17. The summed E-state index contributed by atoms with van der Waals surface area (Å²) < 4.78 is 15.8. The van der Waals surface area contributed by atoms with Gasteiger partial charge in [-0.05, 0) is 30.7 Å². The van der Waals surface area contributed by atoms with Crippen molar-refractivity contribution in [1.29, 1.82) is 0 Å². The van der Waals surface area contributed by atoms with Gasteiger partial charge in [0.25, 0.3) is 5.69 Å². The number of nitro benzene ring substituents is 1. The van der Waals surface area contributed by atoms with Gasteiger partial charge in [-0.25, -0.2) is 5.43 Å². The molecule has 0 atom stereocenters. The highest BCUT2D eigenvalue weighted by Gasteiger charge is 2.22. The van der Waals surface area contributed by atoms with Crippen LogP contribution in [-0.4, -0.2) is 30.4 Å². The third-order valence-corrected chi connectivity index (χ3v) is 4.34. The van der Waals surface area contributed by atoms with E-state index in [1.54, 1.807) is 18.2 Å². The Kier molecular flexibility index (Phi) is 6.73. The van der Waals surface area contributed by atoms with Crippen LogP contribution in [0.3, 0.4) is 0 Å². The van der Waals surface area contributed by atoms with Crippen LogP contribution in [-0.2, 0) is 4.79 Å². The van der Waals surface area contributed by atoms with E-state index in [4.69, 9.17) is 37.4 Å². The standard InChI is InChI=1S/C18H15Cl2N3O6/c19-12-3-4-15(13(20)7-12)27-5-1-2-18(24)22-21-9-11-6-16-17(29-10-28-16)8-14(11)23(25)26/h3-4,6-9H,1-2,5,10H2,(H,22,24)/b21-9-. The number of rotatable bonds is 8. The van der Waals surface area contributed by atoms with Crippen molar-refractivity contribution in [1.82, 2.24) is 5.43 Å². The van der Waals surface area contributed by atoms with Crippen molar-refractivity contribution in [2.45, 2.75) is 12.8 Å². The molecular formula is C18H15Cl2N3O6. The average molecular weight is 440 g/mol. The summed E-state index contributed by atoms with van der Waals surface area (Å²) in [5.74, 6) is 0.778. The lowest BCUT2D eigenvalue weighted by Gasteiger charge is -2.07. The number of ether oxygens (including phenoxy) is 3.